The van der Waals surface area contributed by atoms with Crippen LogP contribution in [0.3, 0.4) is 0 Å². The maximum atomic E-state index is 12.2. The van der Waals surface area contributed by atoms with Crippen LogP contribution in [-0.2, 0) is 0 Å². The molecule has 0 bridgehead atoms. The molecule has 1 aromatic carbocycles. The number of benzene rings is 1. The predicted molar refractivity (Wildman–Crippen MR) is 92.3 cm³/mol. The van der Waals surface area contributed by atoms with Gasteiger partial charge in [0.15, 0.2) is 0 Å². The zero-order chi connectivity index (χ0) is 16.6. The van der Waals surface area contributed by atoms with Crippen molar-refractivity contribution in [2.75, 3.05) is 0 Å². The first kappa shape index (κ1) is 15.5. The minimum absolute atomic E-state index is 0.130. The van der Waals surface area contributed by atoms with E-state index in [0.717, 1.165) is 16.9 Å². The topological polar surface area (TPSA) is 83.0 Å². The first-order valence-electron chi connectivity index (χ1n) is 6.66. The van der Waals surface area contributed by atoms with Crippen LogP contribution in [0.5, 0.6) is 0 Å². The lowest BCUT2D eigenvalue weighted by Crippen LogP contribution is -2.09. The smallest absolute Gasteiger partial charge is 0.346 e. The van der Waals surface area contributed by atoms with Gasteiger partial charge in [-0.05, 0) is 36.3 Å². The molecule has 0 radical (unpaired) electrons. The van der Waals surface area contributed by atoms with E-state index in [4.69, 9.17) is 16.7 Å². The van der Waals surface area contributed by atoms with Gasteiger partial charge in [0.25, 0.3) is 5.56 Å². The molecule has 3 aromatic rings. The molecule has 5 nitrogen and oxygen atoms in total. The number of aromatic carboxylic acids is 1. The third-order valence-electron chi connectivity index (χ3n) is 3.34. The second-order valence-corrected chi connectivity index (χ2v) is 6.25. The fourth-order valence-electron chi connectivity index (χ4n) is 2.22. The summed E-state index contributed by atoms with van der Waals surface area (Å²) in [7, 11) is 0. The maximum Gasteiger partial charge on any atom is 0.346 e. The van der Waals surface area contributed by atoms with Gasteiger partial charge in [-0.25, -0.2) is 9.78 Å². The Morgan fingerprint density at radius 2 is 2.09 bits per heavy atom. The van der Waals surface area contributed by atoms with Crippen molar-refractivity contribution in [1.29, 1.82) is 0 Å². The predicted octanol–water partition coefficient (Wildman–Crippen LogP) is 3.82. The molecule has 0 saturated carbocycles. The van der Waals surface area contributed by atoms with Crippen molar-refractivity contribution in [3.05, 3.63) is 61.5 Å². The number of fused-ring (bicyclic) bond motifs is 1. The van der Waals surface area contributed by atoms with E-state index in [1.54, 1.807) is 25.1 Å². The van der Waals surface area contributed by atoms with Gasteiger partial charge in [0.2, 0.25) is 0 Å². The summed E-state index contributed by atoms with van der Waals surface area (Å²) in [4.78, 5) is 30.9. The SMILES string of the molecule is Cc1c(C(=O)O)sc2nc(/C=C/c3ccccc3Cl)[nH]c(=O)c12. The number of aryl methyl sites for hydroxylation is 1. The Hall–Kier alpha value is -2.44. The molecular formula is C16H11ClN2O3S. The van der Waals surface area contributed by atoms with E-state index in [0.29, 0.717) is 26.6 Å². The molecule has 7 heteroatoms. The Balaban J connectivity index is 2.08. The number of carboxylic acid groups (broad SMARTS) is 1. The van der Waals surface area contributed by atoms with Gasteiger partial charge in [0.1, 0.15) is 15.5 Å². The molecule has 0 fully saturated rings. The van der Waals surface area contributed by atoms with Crippen molar-refractivity contribution in [2.24, 2.45) is 0 Å². The monoisotopic (exact) mass is 346 g/mol. The third-order valence-corrected chi connectivity index (χ3v) is 4.86. The van der Waals surface area contributed by atoms with E-state index < -0.39 is 5.97 Å². The van der Waals surface area contributed by atoms with Gasteiger partial charge in [-0.1, -0.05) is 29.8 Å². The summed E-state index contributed by atoms with van der Waals surface area (Å²) in [6.07, 6.45) is 3.38. The second kappa shape index (κ2) is 5.98. The first-order chi connectivity index (χ1) is 11.0. The van der Waals surface area contributed by atoms with Crippen molar-refractivity contribution in [1.82, 2.24) is 9.97 Å². The normalized spacial score (nSPS) is 11.4. The molecule has 116 valence electrons. The van der Waals surface area contributed by atoms with E-state index in [9.17, 15) is 9.59 Å². The van der Waals surface area contributed by atoms with Gasteiger partial charge in [-0.3, -0.25) is 4.79 Å². The third kappa shape index (κ3) is 2.91. The van der Waals surface area contributed by atoms with Gasteiger partial charge in [-0.2, -0.15) is 0 Å². The van der Waals surface area contributed by atoms with Crippen LogP contribution in [0, 0.1) is 6.92 Å². The van der Waals surface area contributed by atoms with Crippen molar-refractivity contribution in [3.8, 4) is 0 Å². The summed E-state index contributed by atoms with van der Waals surface area (Å²) in [6, 6.07) is 7.29. The van der Waals surface area contributed by atoms with E-state index in [-0.39, 0.29) is 10.4 Å². The van der Waals surface area contributed by atoms with Gasteiger partial charge >= 0.3 is 5.97 Å². The molecule has 0 spiro atoms. The minimum atomic E-state index is -1.06. The average molecular weight is 347 g/mol. The number of rotatable bonds is 3. The highest BCUT2D eigenvalue weighted by Crippen LogP contribution is 2.27. The van der Waals surface area contributed by atoms with Crippen LogP contribution >= 0.6 is 22.9 Å². The highest BCUT2D eigenvalue weighted by atomic mass is 35.5. The molecule has 23 heavy (non-hydrogen) atoms. The quantitative estimate of drug-likeness (QED) is 0.755. The standard InChI is InChI=1S/C16H11ClN2O3S/c1-8-12-14(20)18-11(19-15(12)23-13(8)16(21)22)7-6-9-4-2-3-5-10(9)17/h2-7H,1H3,(H,21,22)(H,18,19,20)/b7-6+. The van der Waals surface area contributed by atoms with Crippen LogP contribution in [0.1, 0.15) is 26.6 Å². The van der Waals surface area contributed by atoms with Gasteiger partial charge < -0.3 is 10.1 Å². The fourth-order valence-corrected chi connectivity index (χ4v) is 3.45. The molecule has 0 aliphatic heterocycles. The number of thiophene rings is 1. The summed E-state index contributed by atoms with van der Waals surface area (Å²) in [5, 5.41) is 10.1. The molecule has 2 N–H and O–H groups in total. The molecular weight excluding hydrogens is 336 g/mol. The van der Waals surface area contributed by atoms with Gasteiger partial charge in [0, 0.05) is 5.02 Å². The number of hydrogen-bond donors (Lipinski definition) is 2. The summed E-state index contributed by atoms with van der Waals surface area (Å²) in [5.41, 5.74) is 0.883. The largest absolute Gasteiger partial charge is 0.477 e. The van der Waals surface area contributed by atoms with Crippen molar-refractivity contribution in [3.63, 3.8) is 0 Å². The number of hydrogen-bond acceptors (Lipinski definition) is 4. The molecule has 0 atom stereocenters. The number of nitrogens with one attached hydrogen (secondary N) is 1. The number of nitrogens with zero attached hydrogens (tertiary/aromatic N) is 1. The number of carbonyl (C=O) groups is 1. The Bertz CT molecular complexity index is 1000. The van der Waals surface area contributed by atoms with Crippen LogP contribution in [0.2, 0.25) is 5.02 Å². The summed E-state index contributed by atoms with van der Waals surface area (Å²) >= 11 is 7.06. The Morgan fingerprint density at radius 3 is 2.78 bits per heavy atom. The maximum absolute atomic E-state index is 12.2. The van der Waals surface area contributed by atoms with E-state index in [2.05, 4.69) is 9.97 Å². The molecule has 0 aliphatic rings. The zero-order valence-electron chi connectivity index (χ0n) is 12.0. The lowest BCUT2D eigenvalue weighted by Gasteiger charge is -1.97. The number of carboxylic acids is 1. The summed E-state index contributed by atoms with van der Waals surface area (Å²) in [5.74, 6) is -0.710. The average Bonchev–Trinajstić information content (AvgIpc) is 2.84. The van der Waals surface area contributed by atoms with Gasteiger partial charge in [-0.15, -0.1) is 11.3 Å². The molecule has 2 aromatic heterocycles. The lowest BCUT2D eigenvalue weighted by atomic mass is 10.2. The van der Waals surface area contributed by atoms with Crippen molar-refractivity contribution >= 4 is 51.3 Å². The highest BCUT2D eigenvalue weighted by molar-refractivity contribution is 7.20. The number of aromatic nitrogens is 2. The highest BCUT2D eigenvalue weighted by Gasteiger charge is 2.18. The van der Waals surface area contributed by atoms with E-state index in [1.165, 1.54) is 0 Å². The van der Waals surface area contributed by atoms with Crippen molar-refractivity contribution < 1.29 is 9.90 Å². The minimum Gasteiger partial charge on any atom is -0.477 e. The van der Waals surface area contributed by atoms with Gasteiger partial charge in [0.05, 0.1) is 5.39 Å². The number of aromatic amines is 1. The Kier molecular flexibility index (Phi) is 4.02. The molecule has 0 unspecified atom stereocenters. The summed E-state index contributed by atoms with van der Waals surface area (Å²) in [6.45, 7) is 1.61. The first-order valence-corrected chi connectivity index (χ1v) is 7.86. The number of H-pyrrole nitrogens is 1. The Morgan fingerprint density at radius 1 is 1.35 bits per heavy atom. The molecule has 3 rings (SSSR count). The van der Waals surface area contributed by atoms with E-state index >= 15 is 0 Å². The molecule has 0 saturated heterocycles. The van der Waals surface area contributed by atoms with Crippen molar-refractivity contribution in [2.45, 2.75) is 6.92 Å². The summed E-state index contributed by atoms with van der Waals surface area (Å²) < 4.78 is 0. The Labute approximate surface area is 139 Å². The lowest BCUT2D eigenvalue weighted by molar-refractivity contribution is 0.0701. The second-order valence-electron chi connectivity index (χ2n) is 4.85. The molecule has 0 aliphatic carbocycles. The van der Waals surface area contributed by atoms with Crippen LogP contribution in [-0.4, -0.2) is 21.0 Å². The molecule has 0 amide bonds. The van der Waals surface area contributed by atoms with Crippen LogP contribution in [0.25, 0.3) is 22.4 Å². The number of halogens is 1. The van der Waals surface area contributed by atoms with Crippen LogP contribution in [0.15, 0.2) is 29.1 Å². The van der Waals surface area contributed by atoms with Crippen LogP contribution in [0.4, 0.5) is 0 Å². The van der Waals surface area contributed by atoms with E-state index in [1.807, 2.05) is 18.2 Å². The van der Waals surface area contributed by atoms with Crippen LogP contribution < -0.4 is 5.56 Å². The fraction of sp³-hybridized carbons (Fsp3) is 0.0625. The zero-order valence-corrected chi connectivity index (χ0v) is 13.5. The molecule has 2 heterocycles.